The van der Waals surface area contributed by atoms with E-state index in [1.165, 1.54) is 43.1 Å². The van der Waals surface area contributed by atoms with Crippen molar-refractivity contribution in [3.8, 4) is 0 Å². The predicted octanol–water partition coefficient (Wildman–Crippen LogP) is 2.94. The molecule has 4 rings (SSSR count). The molecule has 1 radical (unpaired) electrons. The molecule has 1 atom stereocenters. The smallest absolute Gasteiger partial charge is 0.261 e. The van der Waals surface area contributed by atoms with Crippen molar-refractivity contribution < 1.29 is 9.59 Å². The van der Waals surface area contributed by atoms with Gasteiger partial charge in [-0.25, -0.2) is 4.98 Å². The SMILES string of the molecule is Cc1nc2cccc([B]C3CCCCCCCC3)c2c(=O)n1[C@@H]1CCC(=O)NC1=O. The van der Waals surface area contributed by atoms with Crippen LogP contribution in [0.3, 0.4) is 0 Å². The first-order valence-corrected chi connectivity index (χ1v) is 11.2. The average molecular weight is 406 g/mol. The zero-order valence-electron chi connectivity index (χ0n) is 17.7. The summed E-state index contributed by atoms with van der Waals surface area (Å²) in [4.78, 5) is 42.2. The first-order chi connectivity index (χ1) is 14.5. The Kier molecular flexibility index (Phi) is 6.35. The number of aromatic nitrogens is 2. The Labute approximate surface area is 177 Å². The number of fused-ring (bicyclic) bond motifs is 1. The van der Waals surface area contributed by atoms with Gasteiger partial charge in [-0.05, 0) is 19.4 Å². The van der Waals surface area contributed by atoms with Crippen LogP contribution in [0.4, 0.5) is 0 Å². The molecule has 2 aromatic rings. The number of carbonyl (C=O) groups excluding carboxylic acids is 2. The van der Waals surface area contributed by atoms with Crippen LogP contribution in [0, 0.1) is 6.92 Å². The number of hydrogen-bond acceptors (Lipinski definition) is 4. The number of amides is 2. The second-order valence-corrected chi connectivity index (χ2v) is 8.67. The quantitative estimate of drug-likeness (QED) is 0.628. The van der Waals surface area contributed by atoms with Crippen LogP contribution in [-0.4, -0.2) is 28.6 Å². The van der Waals surface area contributed by atoms with E-state index < -0.39 is 11.9 Å². The van der Waals surface area contributed by atoms with Gasteiger partial charge in [-0.1, -0.05) is 74.8 Å². The van der Waals surface area contributed by atoms with E-state index >= 15 is 0 Å². The predicted molar refractivity (Wildman–Crippen MR) is 118 cm³/mol. The first-order valence-electron chi connectivity index (χ1n) is 11.2. The van der Waals surface area contributed by atoms with E-state index in [0.29, 0.717) is 29.0 Å². The van der Waals surface area contributed by atoms with E-state index in [-0.39, 0.29) is 17.9 Å². The molecular formula is C23H29BN3O3. The minimum atomic E-state index is -0.690. The van der Waals surface area contributed by atoms with Gasteiger partial charge in [0.2, 0.25) is 11.8 Å². The van der Waals surface area contributed by atoms with Crippen molar-refractivity contribution >= 4 is 35.5 Å². The Balaban J connectivity index is 1.71. The molecule has 2 amide bonds. The Morgan fingerprint density at radius 2 is 1.70 bits per heavy atom. The molecule has 2 aliphatic rings. The summed E-state index contributed by atoms with van der Waals surface area (Å²) >= 11 is 0. The topological polar surface area (TPSA) is 81.1 Å². The van der Waals surface area contributed by atoms with Gasteiger partial charge in [0.1, 0.15) is 11.9 Å². The lowest BCUT2D eigenvalue weighted by Gasteiger charge is -2.25. The number of piperidine rings is 1. The first kappa shape index (κ1) is 20.8. The lowest BCUT2D eigenvalue weighted by Crippen LogP contribution is -2.45. The molecule has 7 heteroatoms. The third-order valence-electron chi connectivity index (χ3n) is 6.48. The van der Waals surface area contributed by atoms with Gasteiger partial charge in [0.25, 0.3) is 5.56 Å². The molecule has 30 heavy (non-hydrogen) atoms. The number of aryl methyl sites for hydroxylation is 1. The Bertz CT molecular complexity index is 1010. The van der Waals surface area contributed by atoms with Crippen LogP contribution in [0.1, 0.15) is 76.1 Å². The van der Waals surface area contributed by atoms with Crippen LogP contribution in [-0.2, 0) is 9.59 Å². The van der Waals surface area contributed by atoms with Gasteiger partial charge in [-0.2, -0.15) is 0 Å². The molecule has 1 aromatic heterocycles. The zero-order valence-corrected chi connectivity index (χ0v) is 17.7. The molecule has 157 valence electrons. The molecule has 1 aliphatic carbocycles. The lowest BCUT2D eigenvalue weighted by molar-refractivity contribution is -0.135. The summed E-state index contributed by atoms with van der Waals surface area (Å²) < 4.78 is 1.48. The number of nitrogens with zero attached hydrogens (tertiary/aromatic N) is 2. The number of nitrogens with one attached hydrogen (secondary N) is 1. The maximum absolute atomic E-state index is 13.6. The third-order valence-corrected chi connectivity index (χ3v) is 6.48. The Morgan fingerprint density at radius 1 is 1.00 bits per heavy atom. The molecule has 2 fully saturated rings. The largest absolute Gasteiger partial charge is 0.295 e. The fourth-order valence-electron chi connectivity index (χ4n) is 4.90. The number of rotatable bonds is 3. The lowest BCUT2D eigenvalue weighted by atomic mass is 9.55. The molecule has 2 heterocycles. The van der Waals surface area contributed by atoms with Crippen molar-refractivity contribution in [2.45, 2.75) is 83.0 Å². The van der Waals surface area contributed by atoms with E-state index in [1.807, 2.05) is 18.2 Å². The van der Waals surface area contributed by atoms with Crippen LogP contribution >= 0.6 is 0 Å². The maximum atomic E-state index is 13.6. The van der Waals surface area contributed by atoms with Crippen LogP contribution < -0.4 is 16.3 Å². The number of benzene rings is 1. The standard InChI is InChI=1S/C23H29BN3O3/c1-15-25-18-12-8-11-17(24-16-9-6-4-2-3-5-7-10-16)21(18)23(30)27(15)19-13-14-20(28)26-22(19)29/h8,11-12,16,19H,2-7,9-10,13-14H2,1H3,(H,26,28,29)/t19-/m1/s1. The van der Waals surface area contributed by atoms with E-state index in [0.717, 1.165) is 18.3 Å². The Morgan fingerprint density at radius 3 is 2.40 bits per heavy atom. The van der Waals surface area contributed by atoms with Gasteiger partial charge in [-0.3, -0.25) is 24.3 Å². The second kappa shape index (κ2) is 9.15. The maximum Gasteiger partial charge on any atom is 0.261 e. The van der Waals surface area contributed by atoms with E-state index in [2.05, 4.69) is 17.6 Å². The normalized spacial score (nSPS) is 21.6. The fraction of sp³-hybridized carbons (Fsp3) is 0.565. The molecule has 0 unspecified atom stereocenters. The number of imide groups is 1. The van der Waals surface area contributed by atoms with Crippen molar-refractivity contribution in [1.29, 1.82) is 0 Å². The van der Waals surface area contributed by atoms with Gasteiger partial charge in [-0.15, -0.1) is 0 Å². The summed E-state index contributed by atoms with van der Waals surface area (Å²) in [5, 5.41) is 2.93. The number of hydrogen-bond donors (Lipinski definition) is 1. The minimum Gasteiger partial charge on any atom is -0.295 e. The summed E-state index contributed by atoms with van der Waals surface area (Å²) in [6.07, 6.45) is 10.5. The summed E-state index contributed by atoms with van der Waals surface area (Å²) in [6.45, 7) is 1.75. The molecule has 1 aliphatic heterocycles. The van der Waals surface area contributed by atoms with Crippen molar-refractivity contribution in [2.75, 3.05) is 0 Å². The van der Waals surface area contributed by atoms with Gasteiger partial charge in [0, 0.05) is 6.42 Å². The number of carbonyl (C=O) groups is 2. The summed E-state index contributed by atoms with van der Waals surface area (Å²) in [7, 11) is 2.25. The molecule has 1 aromatic carbocycles. The molecule has 6 nitrogen and oxygen atoms in total. The third kappa shape index (κ3) is 4.35. The van der Waals surface area contributed by atoms with Gasteiger partial charge in [0.15, 0.2) is 7.28 Å². The molecule has 0 spiro atoms. The molecule has 1 N–H and O–H groups in total. The van der Waals surface area contributed by atoms with Crippen LogP contribution in [0.25, 0.3) is 10.9 Å². The monoisotopic (exact) mass is 406 g/mol. The zero-order chi connectivity index (χ0) is 21.1. The average Bonchev–Trinajstić information content (AvgIpc) is 2.83. The van der Waals surface area contributed by atoms with Crippen LogP contribution in [0.2, 0.25) is 5.82 Å². The van der Waals surface area contributed by atoms with Crippen molar-refractivity contribution in [3.63, 3.8) is 0 Å². The highest BCUT2D eigenvalue weighted by Gasteiger charge is 2.31. The summed E-state index contributed by atoms with van der Waals surface area (Å²) in [5.41, 5.74) is 1.38. The summed E-state index contributed by atoms with van der Waals surface area (Å²) in [5.74, 6) is 0.250. The molecular weight excluding hydrogens is 377 g/mol. The van der Waals surface area contributed by atoms with E-state index in [4.69, 9.17) is 0 Å². The molecule has 1 saturated carbocycles. The van der Waals surface area contributed by atoms with Crippen molar-refractivity contribution in [3.05, 3.63) is 34.4 Å². The highest BCUT2D eigenvalue weighted by molar-refractivity contribution is 6.58. The molecule has 1 saturated heterocycles. The minimum absolute atomic E-state index is 0.193. The van der Waals surface area contributed by atoms with Crippen LogP contribution in [0.5, 0.6) is 0 Å². The van der Waals surface area contributed by atoms with Crippen molar-refractivity contribution in [1.82, 2.24) is 14.9 Å². The highest BCUT2D eigenvalue weighted by Crippen LogP contribution is 2.26. The van der Waals surface area contributed by atoms with Gasteiger partial charge in [0.05, 0.1) is 10.9 Å². The van der Waals surface area contributed by atoms with E-state index in [1.54, 1.807) is 6.92 Å². The van der Waals surface area contributed by atoms with Crippen LogP contribution in [0.15, 0.2) is 23.0 Å². The summed E-state index contributed by atoms with van der Waals surface area (Å²) in [6, 6.07) is 5.11. The van der Waals surface area contributed by atoms with Gasteiger partial charge >= 0.3 is 0 Å². The second-order valence-electron chi connectivity index (χ2n) is 8.67. The van der Waals surface area contributed by atoms with Gasteiger partial charge < -0.3 is 0 Å². The van der Waals surface area contributed by atoms with E-state index in [9.17, 15) is 14.4 Å². The van der Waals surface area contributed by atoms with Crippen molar-refractivity contribution in [2.24, 2.45) is 0 Å². The fourth-order valence-corrected chi connectivity index (χ4v) is 4.90. The Hall–Kier alpha value is -2.44. The highest BCUT2D eigenvalue weighted by atomic mass is 16.2. The molecule has 0 bridgehead atoms.